The van der Waals surface area contributed by atoms with E-state index in [1.807, 2.05) is 54.6 Å². The van der Waals surface area contributed by atoms with Crippen molar-refractivity contribution in [3.8, 4) is 22.6 Å². The molecule has 0 fully saturated rings. The van der Waals surface area contributed by atoms with Gasteiger partial charge in [-0.15, -0.1) is 0 Å². The van der Waals surface area contributed by atoms with Crippen LogP contribution < -0.4 is 4.90 Å². The molecule has 0 saturated heterocycles. The normalized spacial score (nSPS) is 11.6. The first kappa shape index (κ1) is 25.4. The highest BCUT2D eigenvalue weighted by molar-refractivity contribution is 6.20. The van der Waals surface area contributed by atoms with Crippen molar-refractivity contribution in [2.24, 2.45) is 0 Å². The van der Waals surface area contributed by atoms with Gasteiger partial charge in [-0.3, -0.25) is 0 Å². The maximum absolute atomic E-state index is 6.49. The second kappa shape index (κ2) is 10.2. The van der Waals surface area contributed by atoms with Crippen molar-refractivity contribution < 1.29 is 8.83 Å². The minimum Gasteiger partial charge on any atom is -0.456 e. The first-order valence-electron chi connectivity index (χ1n) is 15.0. The van der Waals surface area contributed by atoms with Gasteiger partial charge in [0.2, 0.25) is 5.89 Å². The molecule has 0 radical (unpaired) electrons. The summed E-state index contributed by atoms with van der Waals surface area (Å²) in [6, 6.07) is 54.5. The quantitative estimate of drug-likeness (QED) is 0.204. The number of hydrogen-bond donors (Lipinski definition) is 0. The van der Waals surface area contributed by atoms with Gasteiger partial charge in [-0.1, -0.05) is 109 Å². The number of benzene rings is 7. The lowest BCUT2D eigenvalue weighted by Gasteiger charge is -2.27. The van der Waals surface area contributed by atoms with E-state index in [4.69, 9.17) is 13.8 Å². The number of oxazole rings is 1. The molecule has 45 heavy (non-hydrogen) atoms. The van der Waals surface area contributed by atoms with E-state index in [0.29, 0.717) is 11.5 Å². The summed E-state index contributed by atoms with van der Waals surface area (Å²) in [5, 5.41) is 4.36. The topological polar surface area (TPSA) is 42.4 Å². The summed E-state index contributed by atoms with van der Waals surface area (Å²) >= 11 is 0. The van der Waals surface area contributed by atoms with Crippen molar-refractivity contribution >= 4 is 60.9 Å². The van der Waals surface area contributed by atoms with Crippen LogP contribution in [0, 0.1) is 0 Å². The Morgan fingerprint density at radius 1 is 0.444 bits per heavy atom. The van der Waals surface area contributed by atoms with Crippen molar-refractivity contribution in [3.05, 3.63) is 158 Å². The number of furan rings is 1. The SMILES string of the molecule is c1ccc(-c2cccc(N(c3ccc4ccccc4c3)c3c4nc(-c5ccccc5)oc4cc4oc5ccccc5c34)c2)cc1. The molecule has 0 aliphatic heterocycles. The number of rotatable bonds is 5. The third kappa shape index (κ3) is 4.27. The molecular formula is C41H26N2O2. The standard InChI is InChI=1S/C41H26N2O2/c1-3-12-27(13-4-1)31-18-11-19-32(24-31)43(33-23-22-28-14-7-8-17-30(28)25-33)40-38-34-20-9-10-21-35(34)44-36(38)26-37-39(40)42-41(45-37)29-15-5-2-6-16-29/h1-26H. The highest BCUT2D eigenvalue weighted by atomic mass is 16.4. The van der Waals surface area contributed by atoms with Crippen molar-refractivity contribution in [3.63, 3.8) is 0 Å². The molecule has 2 aromatic heterocycles. The average molecular weight is 579 g/mol. The number of anilines is 3. The van der Waals surface area contributed by atoms with Crippen LogP contribution in [0.1, 0.15) is 0 Å². The minimum atomic E-state index is 0.570. The Balaban J connectivity index is 1.40. The average Bonchev–Trinajstić information content (AvgIpc) is 3.70. The van der Waals surface area contributed by atoms with Crippen LogP contribution in [0.5, 0.6) is 0 Å². The molecule has 212 valence electrons. The Morgan fingerprint density at radius 2 is 1.13 bits per heavy atom. The van der Waals surface area contributed by atoms with Crippen LogP contribution in [0.25, 0.3) is 66.4 Å². The Labute approximate surface area is 259 Å². The van der Waals surface area contributed by atoms with Gasteiger partial charge in [0.25, 0.3) is 0 Å². The van der Waals surface area contributed by atoms with Crippen molar-refractivity contribution in [1.29, 1.82) is 0 Å². The Kier molecular flexibility index (Phi) is 5.78. The Bertz CT molecular complexity index is 2490. The van der Waals surface area contributed by atoms with E-state index in [-0.39, 0.29) is 0 Å². The van der Waals surface area contributed by atoms with Gasteiger partial charge in [0.1, 0.15) is 16.7 Å². The number of para-hydroxylation sites is 1. The van der Waals surface area contributed by atoms with E-state index in [1.165, 1.54) is 5.39 Å². The van der Waals surface area contributed by atoms with Gasteiger partial charge in [0.15, 0.2) is 5.58 Å². The largest absolute Gasteiger partial charge is 0.456 e. The monoisotopic (exact) mass is 578 g/mol. The van der Waals surface area contributed by atoms with Crippen molar-refractivity contribution in [1.82, 2.24) is 4.98 Å². The molecule has 0 saturated carbocycles. The van der Waals surface area contributed by atoms with E-state index in [0.717, 1.165) is 66.6 Å². The zero-order valence-electron chi connectivity index (χ0n) is 24.2. The summed E-state index contributed by atoms with van der Waals surface area (Å²) in [6.45, 7) is 0. The molecule has 0 N–H and O–H groups in total. The van der Waals surface area contributed by atoms with Crippen molar-refractivity contribution in [2.75, 3.05) is 4.90 Å². The maximum Gasteiger partial charge on any atom is 0.227 e. The molecule has 0 aliphatic carbocycles. The van der Waals surface area contributed by atoms with Crippen molar-refractivity contribution in [2.45, 2.75) is 0 Å². The minimum absolute atomic E-state index is 0.570. The van der Waals surface area contributed by atoms with E-state index in [2.05, 4.69) is 108 Å². The molecule has 7 aromatic carbocycles. The molecular weight excluding hydrogens is 552 g/mol. The van der Waals surface area contributed by atoms with Crippen LogP contribution in [0.15, 0.2) is 167 Å². The summed E-state index contributed by atoms with van der Waals surface area (Å²) in [7, 11) is 0. The molecule has 0 unspecified atom stereocenters. The summed E-state index contributed by atoms with van der Waals surface area (Å²) in [5.74, 6) is 0.570. The highest BCUT2D eigenvalue weighted by Gasteiger charge is 2.26. The van der Waals surface area contributed by atoms with E-state index in [9.17, 15) is 0 Å². The summed E-state index contributed by atoms with van der Waals surface area (Å²) in [6.07, 6.45) is 0. The molecule has 4 nitrogen and oxygen atoms in total. The Hall–Kier alpha value is -6.13. The van der Waals surface area contributed by atoms with Crippen LogP contribution >= 0.6 is 0 Å². The van der Waals surface area contributed by atoms with Crippen LogP contribution in [0.3, 0.4) is 0 Å². The predicted molar refractivity (Wildman–Crippen MR) is 184 cm³/mol. The lowest BCUT2D eigenvalue weighted by Crippen LogP contribution is -2.11. The summed E-state index contributed by atoms with van der Waals surface area (Å²) in [5.41, 5.74) is 9.15. The lowest BCUT2D eigenvalue weighted by atomic mass is 10.0. The molecule has 0 bridgehead atoms. The predicted octanol–water partition coefficient (Wildman–Crippen LogP) is 11.7. The molecule has 4 heteroatoms. The van der Waals surface area contributed by atoms with E-state index in [1.54, 1.807) is 0 Å². The number of nitrogens with zero attached hydrogens (tertiary/aromatic N) is 2. The molecule has 2 heterocycles. The smallest absolute Gasteiger partial charge is 0.227 e. The van der Waals surface area contributed by atoms with Crippen LogP contribution in [-0.2, 0) is 0 Å². The maximum atomic E-state index is 6.49. The first-order chi connectivity index (χ1) is 22.3. The third-order valence-electron chi connectivity index (χ3n) is 8.45. The molecule has 9 rings (SSSR count). The lowest BCUT2D eigenvalue weighted by molar-refractivity contribution is 0.617. The zero-order valence-corrected chi connectivity index (χ0v) is 24.2. The second-order valence-corrected chi connectivity index (χ2v) is 11.2. The van der Waals surface area contributed by atoms with Gasteiger partial charge in [0.05, 0.1) is 11.1 Å². The van der Waals surface area contributed by atoms with Crippen LogP contribution in [0.2, 0.25) is 0 Å². The second-order valence-electron chi connectivity index (χ2n) is 11.2. The summed E-state index contributed by atoms with van der Waals surface area (Å²) in [4.78, 5) is 7.49. The molecule has 0 amide bonds. The summed E-state index contributed by atoms with van der Waals surface area (Å²) < 4.78 is 13.0. The fraction of sp³-hybridized carbons (Fsp3) is 0. The fourth-order valence-electron chi connectivity index (χ4n) is 6.35. The number of aromatic nitrogens is 1. The van der Waals surface area contributed by atoms with Gasteiger partial charge < -0.3 is 13.7 Å². The molecule has 0 spiro atoms. The third-order valence-corrected chi connectivity index (χ3v) is 8.45. The van der Waals surface area contributed by atoms with E-state index < -0.39 is 0 Å². The van der Waals surface area contributed by atoms with Crippen LogP contribution in [0.4, 0.5) is 17.1 Å². The van der Waals surface area contributed by atoms with Gasteiger partial charge in [-0.05, 0) is 64.4 Å². The van der Waals surface area contributed by atoms with Gasteiger partial charge in [0, 0.05) is 28.4 Å². The Morgan fingerprint density at radius 3 is 1.98 bits per heavy atom. The molecule has 0 aliphatic rings. The van der Waals surface area contributed by atoms with Gasteiger partial charge in [-0.2, -0.15) is 0 Å². The highest BCUT2D eigenvalue weighted by Crippen LogP contribution is 2.48. The van der Waals surface area contributed by atoms with Gasteiger partial charge in [-0.25, -0.2) is 4.98 Å². The number of fused-ring (bicyclic) bond motifs is 5. The zero-order chi connectivity index (χ0) is 29.7. The molecule has 9 aromatic rings. The first-order valence-corrected chi connectivity index (χ1v) is 15.0. The van der Waals surface area contributed by atoms with E-state index >= 15 is 0 Å². The number of hydrogen-bond acceptors (Lipinski definition) is 4. The fourth-order valence-corrected chi connectivity index (χ4v) is 6.35. The van der Waals surface area contributed by atoms with Crippen LogP contribution in [-0.4, -0.2) is 4.98 Å². The molecule has 0 atom stereocenters. The van der Waals surface area contributed by atoms with Gasteiger partial charge >= 0.3 is 0 Å².